The second-order valence-electron chi connectivity index (χ2n) is 6.07. The molecule has 0 fully saturated rings. The van der Waals surface area contributed by atoms with Gasteiger partial charge in [0.05, 0.1) is 12.6 Å². The average Bonchev–Trinajstić information content (AvgIpc) is 2.53. The fourth-order valence-electron chi connectivity index (χ4n) is 2.54. The molecule has 2 atom stereocenters. The molecule has 1 N–H and O–H groups in total. The standard InChI is InChI=1S/C19H26N2O/c1-5-14(2)21(4)13-19(22)20-15(3)17-11-10-16-8-6-7-9-18(16)12-17/h6-12,14-15H,5,13H2,1-4H3,(H,20,22). The minimum absolute atomic E-state index is 0.0161. The molecule has 3 heteroatoms. The summed E-state index contributed by atoms with van der Waals surface area (Å²) in [6.07, 6.45) is 1.05. The zero-order valence-electron chi connectivity index (χ0n) is 14.0. The first kappa shape index (κ1) is 16.5. The molecule has 0 heterocycles. The maximum absolute atomic E-state index is 12.2. The lowest BCUT2D eigenvalue weighted by Gasteiger charge is -2.24. The first-order valence-corrected chi connectivity index (χ1v) is 7.99. The van der Waals surface area contributed by atoms with Crippen LogP contribution in [-0.2, 0) is 4.79 Å². The van der Waals surface area contributed by atoms with E-state index in [2.05, 4.69) is 54.4 Å². The van der Waals surface area contributed by atoms with Crippen LogP contribution >= 0.6 is 0 Å². The predicted molar refractivity (Wildman–Crippen MR) is 92.9 cm³/mol. The highest BCUT2D eigenvalue weighted by atomic mass is 16.2. The molecule has 0 saturated carbocycles. The first-order valence-electron chi connectivity index (χ1n) is 7.99. The Balaban J connectivity index is 2.01. The van der Waals surface area contributed by atoms with Crippen molar-refractivity contribution >= 4 is 16.7 Å². The molecule has 3 nitrogen and oxygen atoms in total. The number of fused-ring (bicyclic) bond motifs is 1. The van der Waals surface area contributed by atoms with Gasteiger partial charge in [0.25, 0.3) is 0 Å². The van der Waals surface area contributed by atoms with Crippen molar-refractivity contribution in [3.63, 3.8) is 0 Å². The van der Waals surface area contributed by atoms with Gasteiger partial charge >= 0.3 is 0 Å². The van der Waals surface area contributed by atoms with Gasteiger partial charge in [0.2, 0.25) is 5.91 Å². The third-order valence-electron chi connectivity index (χ3n) is 4.39. The van der Waals surface area contributed by atoms with Gasteiger partial charge in [-0.25, -0.2) is 0 Å². The number of likely N-dealkylation sites (N-methyl/N-ethyl adjacent to an activating group) is 1. The quantitative estimate of drug-likeness (QED) is 0.881. The maximum Gasteiger partial charge on any atom is 0.234 e. The topological polar surface area (TPSA) is 32.3 Å². The van der Waals surface area contributed by atoms with Crippen LogP contribution in [0.5, 0.6) is 0 Å². The molecule has 22 heavy (non-hydrogen) atoms. The predicted octanol–water partition coefficient (Wildman–Crippen LogP) is 3.75. The van der Waals surface area contributed by atoms with Crippen molar-refractivity contribution in [2.75, 3.05) is 13.6 Å². The summed E-state index contributed by atoms with van der Waals surface area (Å²) in [6.45, 7) is 6.75. The van der Waals surface area contributed by atoms with Crippen molar-refractivity contribution in [3.05, 3.63) is 48.0 Å². The van der Waals surface area contributed by atoms with E-state index >= 15 is 0 Å². The van der Waals surface area contributed by atoms with Gasteiger partial charge in [-0.05, 0) is 49.7 Å². The van der Waals surface area contributed by atoms with Crippen molar-refractivity contribution in [1.82, 2.24) is 10.2 Å². The molecule has 2 unspecified atom stereocenters. The molecule has 118 valence electrons. The monoisotopic (exact) mass is 298 g/mol. The Morgan fingerprint density at radius 2 is 1.82 bits per heavy atom. The lowest BCUT2D eigenvalue weighted by molar-refractivity contribution is -0.123. The Morgan fingerprint density at radius 3 is 2.50 bits per heavy atom. The molecule has 1 amide bonds. The van der Waals surface area contributed by atoms with E-state index in [0.29, 0.717) is 12.6 Å². The van der Waals surface area contributed by atoms with Gasteiger partial charge in [-0.1, -0.05) is 43.3 Å². The van der Waals surface area contributed by atoms with Gasteiger partial charge in [0.15, 0.2) is 0 Å². The minimum atomic E-state index is 0.0161. The largest absolute Gasteiger partial charge is 0.348 e. The van der Waals surface area contributed by atoms with Crippen molar-refractivity contribution in [3.8, 4) is 0 Å². The van der Waals surface area contributed by atoms with E-state index in [1.54, 1.807) is 0 Å². The summed E-state index contributed by atoms with van der Waals surface area (Å²) in [4.78, 5) is 14.3. The molecular weight excluding hydrogens is 272 g/mol. The van der Waals surface area contributed by atoms with E-state index in [0.717, 1.165) is 12.0 Å². The van der Waals surface area contributed by atoms with E-state index in [4.69, 9.17) is 0 Å². The SMILES string of the molecule is CCC(C)N(C)CC(=O)NC(C)c1ccc2ccccc2c1. The molecular formula is C19H26N2O. The summed E-state index contributed by atoms with van der Waals surface area (Å²) < 4.78 is 0. The van der Waals surface area contributed by atoms with E-state index < -0.39 is 0 Å². The Labute approximate surface area is 133 Å². The highest BCUT2D eigenvalue weighted by molar-refractivity contribution is 5.83. The highest BCUT2D eigenvalue weighted by Crippen LogP contribution is 2.20. The summed E-state index contributed by atoms with van der Waals surface area (Å²) in [5.41, 5.74) is 1.14. The maximum atomic E-state index is 12.2. The molecule has 0 spiro atoms. The molecule has 2 aromatic rings. The van der Waals surface area contributed by atoms with E-state index in [1.165, 1.54) is 10.8 Å². The van der Waals surface area contributed by atoms with Crippen LogP contribution in [0.3, 0.4) is 0 Å². The number of carbonyl (C=O) groups excluding carboxylic acids is 1. The first-order chi connectivity index (χ1) is 10.5. The van der Waals surface area contributed by atoms with Crippen LogP contribution in [-0.4, -0.2) is 30.4 Å². The molecule has 0 aromatic heterocycles. The van der Waals surface area contributed by atoms with Crippen LogP contribution in [0.4, 0.5) is 0 Å². The second-order valence-corrected chi connectivity index (χ2v) is 6.07. The van der Waals surface area contributed by atoms with Crippen LogP contribution in [0.15, 0.2) is 42.5 Å². The lowest BCUT2D eigenvalue weighted by atomic mass is 10.0. The zero-order valence-corrected chi connectivity index (χ0v) is 14.0. The van der Waals surface area contributed by atoms with Crippen LogP contribution < -0.4 is 5.32 Å². The summed E-state index contributed by atoms with van der Waals surface area (Å²) >= 11 is 0. The van der Waals surface area contributed by atoms with E-state index in [9.17, 15) is 4.79 Å². The van der Waals surface area contributed by atoms with Crippen LogP contribution in [0, 0.1) is 0 Å². The molecule has 0 aliphatic heterocycles. The number of nitrogens with one attached hydrogen (secondary N) is 1. The molecule has 2 aromatic carbocycles. The third kappa shape index (κ3) is 4.08. The third-order valence-corrected chi connectivity index (χ3v) is 4.39. The Bertz CT molecular complexity index is 638. The second kappa shape index (κ2) is 7.41. The van der Waals surface area contributed by atoms with Gasteiger partial charge in [-0.2, -0.15) is 0 Å². The zero-order chi connectivity index (χ0) is 16.1. The van der Waals surface area contributed by atoms with Gasteiger partial charge in [-0.15, -0.1) is 0 Å². The fraction of sp³-hybridized carbons (Fsp3) is 0.421. The van der Waals surface area contributed by atoms with Gasteiger partial charge in [0, 0.05) is 6.04 Å². The summed E-state index contributed by atoms with van der Waals surface area (Å²) in [6, 6.07) is 15.1. The number of amides is 1. The van der Waals surface area contributed by atoms with Crippen molar-refractivity contribution in [2.45, 2.75) is 39.3 Å². The number of rotatable bonds is 6. The number of benzene rings is 2. The highest BCUT2D eigenvalue weighted by Gasteiger charge is 2.14. The average molecular weight is 298 g/mol. The molecule has 0 radical (unpaired) electrons. The van der Waals surface area contributed by atoms with Gasteiger partial charge in [0.1, 0.15) is 0 Å². The lowest BCUT2D eigenvalue weighted by Crippen LogP contribution is -2.40. The molecule has 0 aliphatic rings. The minimum Gasteiger partial charge on any atom is -0.348 e. The Hall–Kier alpha value is -1.87. The van der Waals surface area contributed by atoms with Crippen LogP contribution in [0.25, 0.3) is 10.8 Å². The Morgan fingerprint density at radius 1 is 1.14 bits per heavy atom. The van der Waals surface area contributed by atoms with Gasteiger partial charge in [-0.3, -0.25) is 9.69 Å². The Kier molecular flexibility index (Phi) is 5.56. The normalized spacial score (nSPS) is 14.0. The summed E-state index contributed by atoms with van der Waals surface area (Å²) in [7, 11) is 1.99. The van der Waals surface area contributed by atoms with Crippen LogP contribution in [0.1, 0.15) is 38.8 Å². The molecule has 2 rings (SSSR count). The smallest absolute Gasteiger partial charge is 0.234 e. The molecule has 0 aliphatic carbocycles. The molecule has 0 bridgehead atoms. The number of hydrogen-bond donors (Lipinski definition) is 1. The fourth-order valence-corrected chi connectivity index (χ4v) is 2.54. The van der Waals surface area contributed by atoms with Crippen molar-refractivity contribution in [1.29, 1.82) is 0 Å². The van der Waals surface area contributed by atoms with Gasteiger partial charge < -0.3 is 5.32 Å². The number of nitrogens with zero attached hydrogens (tertiary/aromatic N) is 1. The summed E-state index contributed by atoms with van der Waals surface area (Å²) in [5.74, 6) is 0.0726. The summed E-state index contributed by atoms with van der Waals surface area (Å²) in [5, 5.41) is 5.52. The van der Waals surface area contributed by atoms with Crippen molar-refractivity contribution in [2.24, 2.45) is 0 Å². The van der Waals surface area contributed by atoms with Crippen LogP contribution in [0.2, 0.25) is 0 Å². The van der Waals surface area contributed by atoms with E-state index in [1.807, 2.05) is 26.1 Å². The van der Waals surface area contributed by atoms with Crippen molar-refractivity contribution < 1.29 is 4.79 Å². The number of hydrogen-bond acceptors (Lipinski definition) is 2. The van der Waals surface area contributed by atoms with E-state index in [-0.39, 0.29) is 11.9 Å². The molecule has 0 saturated heterocycles. The number of carbonyl (C=O) groups is 1.